The molecule has 2 aromatic carbocycles. The number of aromatic nitrogens is 2. The van der Waals surface area contributed by atoms with Crippen LogP contribution in [-0.4, -0.2) is 40.6 Å². The second-order valence-corrected chi connectivity index (χ2v) is 7.39. The molecule has 6 heteroatoms. The van der Waals surface area contributed by atoms with Gasteiger partial charge in [-0.15, -0.1) is 0 Å². The Hall–Kier alpha value is -3.25. The normalized spacial score (nSPS) is 12.4. The highest BCUT2D eigenvalue weighted by atomic mass is 16.5. The predicted octanol–water partition coefficient (Wildman–Crippen LogP) is 4.06. The van der Waals surface area contributed by atoms with Gasteiger partial charge in [-0.05, 0) is 37.1 Å². The maximum absolute atomic E-state index is 13.2. The number of methoxy groups -OCH3 is 1. The van der Waals surface area contributed by atoms with Gasteiger partial charge in [0.05, 0.1) is 30.1 Å². The molecule has 0 aliphatic heterocycles. The van der Waals surface area contributed by atoms with Crippen LogP contribution in [0.3, 0.4) is 0 Å². The highest BCUT2D eigenvalue weighted by Gasteiger charge is 2.24. The maximum atomic E-state index is 13.2. The van der Waals surface area contributed by atoms with Crippen molar-refractivity contribution in [1.82, 2.24) is 14.5 Å². The number of amides is 1. The number of fused-ring (bicyclic) bond motifs is 1. The summed E-state index contributed by atoms with van der Waals surface area (Å²) in [6, 6.07) is 16.6. The van der Waals surface area contributed by atoms with E-state index in [2.05, 4.69) is 0 Å². The Morgan fingerprint density at radius 3 is 2.58 bits per heavy atom. The van der Waals surface area contributed by atoms with Gasteiger partial charge >= 0.3 is 0 Å². The Kier molecular flexibility index (Phi) is 7.73. The van der Waals surface area contributed by atoms with Gasteiger partial charge in [-0.2, -0.15) is 0 Å². The Morgan fingerprint density at radius 2 is 1.87 bits per heavy atom. The Bertz CT molecular complexity index is 1110. The summed E-state index contributed by atoms with van der Waals surface area (Å²) in [5.74, 6) is 0.453. The van der Waals surface area contributed by atoms with Gasteiger partial charge in [0.15, 0.2) is 0 Å². The fourth-order valence-corrected chi connectivity index (χ4v) is 3.61. The predicted molar refractivity (Wildman–Crippen MR) is 124 cm³/mol. The first-order valence-electron chi connectivity index (χ1n) is 10.6. The largest absolute Gasteiger partial charge is 0.383 e. The summed E-state index contributed by atoms with van der Waals surface area (Å²) >= 11 is 0. The van der Waals surface area contributed by atoms with Crippen LogP contribution in [-0.2, 0) is 16.1 Å². The van der Waals surface area contributed by atoms with Crippen LogP contribution in [0.5, 0.6) is 0 Å². The number of rotatable bonds is 9. The van der Waals surface area contributed by atoms with E-state index in [1.54, 1.807) is 28.7 Å². The fraction of sp³-hybridized carbons (Fsp3) is 0.320. The van der Waals surface area contributed by atoms with Gasteiger partial charge in [0.2, 0.25) is 5.91 Å². The topological polar surface area (TPSA) is 64.4 Å². The number of para-hydroxylation sites is 1. The molecule has 0 radical (unpaired) electrons. The number of carbonyl (C=O) groups excluding carboxylic acids is 1. The van der Waals surface area contributed by atoms with Crippen LogP contribution in [0.25, 0.3) is 17.0 Å². The molecule has 0 aliphatic rings. The van der Waals surface area contributed by atoms with E-state index in [1.807, 2.05) is 68.5 Å². The van der Waals surface area contributed by atoms with E-state index in [-0.39, 0.29) is 17.5 Å². The lowest BCUT2D eigenvalue weighted by molar-refractivity contribution is -0.128. The van der Waals surface area contributed by atoms with E-state index in [1.165, 1.54) is 0 Å². The van der Waals surface area contributed by atoms with Gasteiger partial charge in [-0.25, -0.2) is 4.98 Å². The minimum absolute atomic E-state index is 0.112. The molecule has 6 nitrogen and oxygen atoms in total. The van der Waals surface area contributed by atoms with Crippen molar-refractivity contribution in [2.75, 3.05) is 20.3 Å². The minimum atomic E-state index is -0.373. The zero-order valence-corrected chi connectivity index (χ0v) is 18.3. The molecule has 3 aromatic rings. The zero-order valence-electron chi connectivity index (χ0n) is 18.3. The fourth-order valence-electron chi connectivity index (χ4n) is 3.61. The maximum Gasteiger partial charge on any atom is 0.261 e. The summed E-state index contributed by atoms with van der Waals surface area (Å²) < 4.78 is 6.84. The summed E-state index contributed by atoms with van der Waals surface area (Å²) in [5, 5.41) is 0.562. The molecule has 3 rings (SSSR count). The van der Waals surface area contributed by atoms with Crippen molar-refractivity contribution < 1.29 is 9.53 Å². The van der Waals surface area contributed by atoms with Crippen molar-refractivity contribution in [3.63, 3.8) is 0 Å². The lowest BCUT2D eigenvalue weighted by Gasteiger charge is -2.29. The molecule has 0 N–H and O–H groups in total. The number of carbonyl (C=O) groups is 1. The lowest BCUT2D eigenvalue weighted by Crippen LogP contribution is -2.38. The molecule has 0 bridgehead atoms. The molecule has 1 amide bonds. The molecule has 0 saturated heterocycles. The number of hydrogen-bond acceptors (Lipinski definition) is 4. The second-order valence-electron chi connectivity index (χ2n) is 7.39. The van der Waals surface area contributed by atoms with Crippen LogP contribution >= 0.6 is 0 Å². The molecule has 1 atom stereocenters. The SMILES string of the molecule is CCCN(C(=O)/C=C/c1ccccc1)C(C)c1nc2ccccc2c(=O)n1CCOC. The molecule has 162 valence electrons. The van der Waals surface area contributed by atoms with Gasteiger partial charge in [-0.3, -0.25) is 14.2 Å². The average Bonchev–Trinajstić information content (AvgIpc) is 2.80. The number of nitrogens with zero attached hydrogens (tertiary/aromatic N) is 3. The van der Waals surface area contributed by atoms with Gasteiger partial charge in [-0.1, -0.05) is 49.4 Å². The van der Waals surface area contributed by atoms with Crippen LogP contribution in [0.4, 0.5) is 0 Å². The summed E-state index contributed by atoms with van der Waals surface area (Å²) in [6.45, 7) is 5.27. The van der Waals surface area contributed by atoms with Crippen LogP contribution < -0.4 is 5.56 Å². The molecule has 1 unspecified atom stereocenters. The zero-order chi connectivity index (χ0) is 22.2. The van der Waals surface area contributed by atoms with Gasteiger partial charge < -0.3 is 9.64 Å². The molecular formula is C25H29N3O3. The molecular weight excluding hydrogens is 390 g/mol. The Labute approximate surface area is 182 Å². The number of benzene rings is 2. The van der Waals surface area contributed by atoms with Gasteiger partial charge in [0.25, 0.3) is 5.56 Å². The van der Waals surface area contributed by atoms with Crippen LogP contribution in [0.1, 0.15) is 37.7 Å². The van der Waals surface area contributed by atoms with Crippen molar-refractivity contribution in [2.45, 2.75) is 32.9 Å². The summed E-state index contributed by atoms with van der Waals surface area (Å²) in [6.07, 6.45) is 4.19. The molecule has 0 spiro atoms. The summed E-state index contributed by atoms with van der Waals surface area (Å²) in [5.41, 5.74) is 1.47. The van der Waals surface area contributed by atoms with Crippen molar-refractivity contribution in [1.29, 1.82) is 0 Å². The van der Waals surface area contributed by atoms with Crippen molar-refractivity contribution in [3.05, 3.63) is 82.4 Å². The third-order valence-electron chi connectivity index (χ3n) is 5.22. The third-order valence-corrected chi connectivity index (χ3v) is 5.22. The van der Waals surface area contributed by atoms with Crippen molar-refractivity contribution >= 4 is 22.9 Å². The lowest BCUT2D eigenvalue weighted by atomic mass is 10.1. The van der Waals surface area contributed by atoms with Crippen LogP contribution in [0.15, 0.2) is 65.5 Å². The molecule has 0 fully saturated rings. The first kappa shape index (κ1) is 22.4. The van der Waals surface area contributed by atoms with Crippen LogP contribution in [0.2, 0.25) is 0 Å². The van der Waals surface area contributed by atoms with Crippen LogP contribution in [0, 0.1) is 0 Å². The van der Waals surface area contributed by atoms with E-state index < -0.39 is 0 Å². The van der Waals surface area contributed by atoms with Crippen molar-refractivity contribution in [3.8, 4) is 0 Å². The summed E-state index contributed by atoms with van der Waals surface area (Å²) in [4.78, 5) is 32.8. The smallest absolute Gasteiger partial charge is 0.261 e. The standard InChI is InChI=1S/C25H29N3O3/c1-4-16-27(23(29)15-14-20-10-6-5-7-11-20)19(2)24-26-22-13-9-8-12-21(22)25(30)28(24)17-18-31-3/h5-15,19H,4,16-18H2,1-3H3/b15-14+. The number of ether oxygens (including phenoxy) is 1. The van der Waals surface area contributed by atoms with Gasteiger partial charge in [0.1, 0.15) is 5.82 Å². The quantitative estimate of drug-likeness (QED) is 0.491. The molecule has 1 aromatic heterocycles. The highest BCUT2D eigenvalue weighted by Crippen LogP contribution is 2.21. The Balaban J connectivity index is 2.00. The average molecular weight is 420 g/mol. The monoisotopic (exact) mass is 419 g/mol. The molecule has 31 heavy (non-hydrogen) atoms. The van der Waals surface area contributed by atoms with E-state index in [0.717, 1.165) is 12.0 Å². The highest BCUT2D eigenvalue weighted by molar-refractivity contribution is 5.92. The van der Waals surface area contributed by atoms with Gasteiger partial charge in [0, 0.05) is 19.7 Å². The van der Waals surface area contributed by atoms with E-state index in [0.29, 0.717) is 36.4 Å². The first-order chi connectivity index (χ1) is 15.1. The molecule has 0 saturated carbocycles. The molecule has 0 aliphatic carbocycles. The minimum Gasteiger partial charge on any atom is -0.383 e. The summed E-state index contributed by atoms with van der Waals surface area (Å²) in [7, 11) is 1.60. The molecule has 1 heterocycles. The number of hydrogen-bond donors (Lipinski definition) is 0. The Morgan fingerprint density at radius 1 is 1.16 bits per heavy atom. The van der Waals surface area contributed by atoms with E-state index in [4.69, 9.17) is 9.72 Å². The third kappa shape index (κ3) is 5.27. The van der Waals surface area contributed by atoms with Crippen molar-refractivity contribution in [2.24, 2.45) is 0 Å². The second kappa shape index (κ2) is 10.7. The van der Waals surface area contributed by atoms with E-state index >= 15 is 0 Å². The van der Waals surface area contributed by atoms with E-state index in [9.17, 15) is 9.59 Å². The first-order valence-corrected chi connectivity index (χ1v) is 10.6.